The van der Waals surface area contributed by atoms with Gasteiger partial charge in [0.05, 0.1) is 10.9 Å². The molecule has 1 aromatic carbocycles. The predicted molar refractivity (Wildman–Crippen MR) is 79.9 cm³/mol. The normalized spacial score (nSPS) is 18.6. The van der Waals surface area contributed by atoms with Gasteiger partial charge in [-0.2, -0.15) is 0 Å². The van der Waals surface area contributed by atoms with E-state index in [4.69, 9.17) is 5.14 Å². The third-order valence-electron chi connectivity index (χ3n) is 4.00. The highest BCUT2D eigenvalue weighted by atomic mass is 32.2. The summed E-state index contributed by atoms with van der Waals surface area (Å²) in [5.74, 6) is 0.379. The van der Waals surface area contributed by atoms with Gasteiger partial charge in [0.25, 0.3) is 0 Å². The van der Waals surface area contributed by atoms with Gasteiger partial charge in [0, 0.05) is 5.92 Å². The van der Waals surface area contributed by atoms with Crippen molar-refractivity contribution in [3.8, 4) is 0 Å². The van der Waals surface area contributed by atoms with Crippen LogP contribution in [0, 0.1) is 11.8 Å². The summed E-state index contributed by atoms with van der Waals surface area (Å²) in [7, 11) is -3.68. The third kappa shape index (κ3) is 3.81. The molecule has 0 radical (unpaired) electrons. The number of rotatable bonds is 5. The molecule has 6 nitrogen and oxygen atoms in total. The zero-order chi connectivity index (χ0) is 15.6. The molecule has 0 aromatic heterocycles. The van der Waals surface area contributed by atoms with E-state index in [1.165, 1.54) is 12.1 Å². The molecule has 0 aliphatic carbocycles. The van der Waals surface area contributed by atoms with E-state index in [-0.39, 0.29) is 22.8 Å². The van der Waals surface area contributed by atoms with Crippen molar-refractivity contribution in [3.63, 3.8) is 0 Å². The van der Waals surface area contributed by atoms with Gasteiger partial charge in [0.15, 0.2) is 0 Å². The monoisotopic (exact) mass is 311 g/mol. The van der Waals surface area contributed by atoms with Crippen LogP contribution < -0.4 is 15.8 Å². The summed E-state index contributed by atoms with van der Waals surface area (Å²) in [5.41, 5.74) is 0.842. The number of hydrogen-bond donors (Lipinski definition) is 3. The number of carbonyl (C=O) groups excluding carboxylic acids is 1. The van der Waals surface area contributed by atoms with Gasteiger partial charge in [0.1, 0.15) is 0 Å². The molecule has 1 fully saturated rings. The first-order valence-corrected chi connectivity index (χ1v) is 8.47. The van der Waals surface area contributed by atoms with Gasteiger partial charge in [-0.05, 0) is 43.6 Å². The van der Waals surface area contributed by atoms with Crippen LogP contribution in [0.15, 0.2) is 29.2 Å². The smallest absolute Gasteiger partial charge is 0.238 e. The number of hydrogen-bond acceptors (Lipinski definition) is 4. The van der Waals surface area contributed by atoms with Crippen LogP contribution in [0.3, 0.4) is 0 Å². The van der Waals surface area contributed by atoms with Crippen molar-refractivity contribution < 1.29 is 13.2 Å². The second kappa shape index (κ2) is 6.13. The molecule has 7 heteroatoms. The Kier molecular flexibility index (Phi) is 4.65. The lowest BCUT2D eigenvalue weighted by molar-refractivity contribution is -0.127. The predicted octanol–water partition coefficient (Wildman–Crippen LogP) is 0.367. The highest BCUT2D eigenvalue weighted by Crippen LogP contribution is 2.19. The van der Waals surface area contributed by atoms with Crippen molar-refractivity contribution in [2.45, 2.75) is 24.8 Å². The molecule has 0 bridgehead atoms. The van der Waals surface area contributed by atoms with Crippen LogP contribution in [0.4, 0.5) is 0 Å². The van der Waals surface area contributed by atoms with Crippen molar-refractivity contribution in [1.29, 1.82) is 0 Å². The van der Waals surface area contributed by atoms with E-state index in [1.807, 2.05) is 13.8 Å². The van der Waals surface area contributed by atoms with Crippen molar-refractivity contribution in [1.82, 2.24) is 10.6 Å². The van der Waals surface area contributed by atoms with E-state index in [2.05, 4.69) is 10.6 Å². The van der Waals surface area contributed by atoms with Gasteiger partial charge >= 0.3 is 0 Å². The maximum Gasteiger partial charge on any atom is 0.238 e. The molecule has 1 aliphatic heterocycles. The second-order valence-electron chi connectivity index (χ2n) is 5.55. The third-order valence-corrected chi connectivity index (χ3v) is 4.93. The number of primary sulfonamides is 1. The fraction of sp³-hybridized carbons (Fsp3) is 0.500. The fourth-order valence-electron chi connectivity index (χ4n) is 2.25. The Morgan fingerprint density at radius 3 is 2.29 bits per heavy atom. The lowest BCUT2D eigenvalue weighted by Crippen LogP contribution is -2.49. The molecule has 0 spiro atoms. The summed E-state index contributed by atoms with van der Waals surface area (Å²) in [6.45, 7) is 5.56. The fourth-order valence-corrected chi connectivity index (χ4v) is 2.77. The Labute approximate surface area is 125 Å². The van der Waals surface area contributed by atoms with Gasteiger partial charge in [-0.25, -0.2) is 13.6 Å². The van der Waals surface area contributed by atoms with Gasteiger partial charge in [-0.3, -0.25) is 4.79 Å². The zero-order valence-corrected chi connectivity index (χ0v) is 13.0. The van der Waals surface area contributed by atoms with E-state index < -0.39 is 10.0 Å². The van der Waals surface area contributed by atoms with Crippen LogP contribution in [0.2, 0.25) is 0 Å². The van der Waals surface area contributed by atoms with E-state index >= 15 is 0 Å². The number of sulfonamides is 1. The number of amides is 1. The Bertz CT molecular complexity index is 609. The summed E-state index contributed by atoms with van der Waals surface area (Å²) < 4.78 is 22.4. The molecule has 1 aliphatic rings. The molecule has 0 saturated carbocycles. The minimum atomic E-state index is -3.68. The van der Waals surface area contributed by atoms with Gasteiger partial charge < -0.3 is 10.6 Å². The standard InChI is InChI=1S/C14H21N3O3S/c1-9(12-7-16-8-12)14(18)17-10(2)11-3-5-13(6-4-11)21(15,19)20/h3-6,9-10,12,16H,7-8H2,1-2H3,(H,17,18)(H2,15,19,20). The quantitative estimate of drug-likeness (QED) is 0.731. The lowest BCUT2D eigenvalue weighted by Gasteiger charge is -2.32. The maximum atomic E-state index is 12.1. The van der Waals surface area contributed by atoms with Crippen molar-refractivity contribution in [2.24, 2.45) is 17.0 Å². The van der Waals surface area contributed by atoms with E-state index in [9.17, 15) is 13.2 Å². The molecule has 2 atom stereocenters. The van der Waals surface area contributed by atoms with Crippen LogP contribution >= 0.6 is 0 Å². The summed E-state index contributed by atoms with van der Waals surface area (Å²) >= 11 is 0. The summed E-state index contributed by atoms with van der Waals surface area (Å²) in [4.78, 5) is 12.2. The molecule has 116 valence electrons. The number of nitrogens with two attached hydrogens (primary N) is 1. The molecule has 4 N–H and O–H groups in total. The highest BCUT2D eigenvalue weighted by Gasteiger charge is 2.29. The van der Waals surface area contributed by atoms with Crippen LogP contribution in [-0.4, -0.2) is 27.4 Å². The van der Waals surface area contributed by atoms with E-state index in [0.29, 0.717) is 5.92 Å². The minimum absolute atomic E-state index is 0.0181. The van der Waals surface area contributed by atoms with Crippen LogP contribution in [0.1, 0.15) is 25.5 Å². The molecule has 2 unspecified atom stereocenters. The van der Waals surface area contributed by atoms with Gasteiger partial charge in [0.2, 0.25) is 15.9 Å². The van der Waals surface area contributed by atoms with Gasteiger partial charge in [-0.1, -0.05) is 19.1 Å². The lowest BCUT2D eigenvalue weighted by atomic mass is 9.88. The molecule has 1 heterocycles. The Morgan fingerprint density at radius 1 is 1.29 bits per heavy atom. The van der Waals surface area contributed by atoms with Gasteiger partial charge in [-0.15, -0.1) is 0 Å². The Hall–Kier alpha value is -1.44. The highest BCUT2D eigenvalue weighted by molar-refractivity contribution is 7.89. The topological polar surface area (TPSA) is 101 Å². The first-order chi connectivity index (χ1) is 9.79. The van der Waals surface area contributed by atoms with Crippen molar-refractivity contribution in [2.75, 3.05) is 13.1 Å². The Morgan fingerprint density at radius 2 is 1.86 bits per heavy atom. The van der Waals surface area contributed by atoms with Crippen LogP contribution in [0.5, 0.6) is 0 Å². The summed E-state index contributed by atoms with van der Waals surface area (Å²) in [5, 5.41) is 11.2. The summed E-state index contributed by atoms with van der Waals surface area (Å²) in [6, 6.07) is 6.06. The average molecular weight is 311 g/mol. The largest absolute Gasteiger partial charge is 0.349 e. The number of carbonyl (C=O) groups is 1. The van der Waals surface area contributed by atoms with E-state index in [0.717, 1.165) is 18.7 Å². The second-order valence-corrected chi connectivity index (χ2v) is 7.11. The number of nitrogens with one attached hydrogen (secondary N) is 2. The molecular weight excluding hydrogens is 290 g/mol. The first kappa shape index (κ1) is 15.9. The zero-order valence-electron chi connectivity index (χ0n) is 12.2. The maximum absolute atomic E-state index is 12.1. The van der Waals surface area contributed by atoms with E-state index in [1.54, 1.807) is 12.1 Å². The average Bonchev–Trinajstić information content (AvgIpc) is 2.35. The van der Waals surface area contributed by atoms with Crippen LogP contribution in [0.25, 0.3) is 0 Å². The SMILES string of the molecule is CC(NC(=O)C(C)C1CNC1)c1ccc(S(N)(=O)=O)cc1. The Balaban J connectivity index is 1.99. The van der Waals surface area contributed by atoms with Crippen molar-refractivity contribution >= 4 is 15.9 Å². The molecule has 1 aromatic rings. The van der Waals surface area contributed by atoms with Crippen LogP contribution in [-0.2, 0) is 14.8 Å². The molecule has 1 saturated heterocycles. The first-order valence-electron chi connectivity index (χ1n) is 6.93. The molecular formula is C14H21N3O3S. The van der Waals surface area contributed by atoms with Crippen molar-refractivity contribution in [3.05, 3.63) is 29.8 Å². The minimum Gasteiger partial charge on any atom is -0.349 e. The molecule has 2 rings (SSSR count). The number of benzene rings is 1. The summed E-state index contributed by atoms with van der Waals surface area (Å²) in [6.07, 6.45) is 0. The molecule has 21 heavy (non-hydrogen) atoms. The molecule has 1 amide bonds.